The van der Waals surface area contributed by atoms with Crippen LogP contribution in [0.25, 0.3) is 0 Å². The third-order valence-electron chi connectivity index (χ3n) is 0.0886. The molecule has 0 rings (SSSR count). The van der Waals surface area contributed by atoms with Crippen molar-refractivity contribution in [1.29, 1.82) is 0 Å². The van der Waals surface area contributed by atoms with E-state index in [0.717, 1.165) is 0 Å². The monoisotopic (exact) mass is 130 g/mol. The summed E-state index contributed by atoms with van der Waals surface area (Å²) in [5.41, 5.74) is 0. The molecule has 0 aliphatic carbocycles. The second-order valence-corrected chi connectivity index (χ2v) is 1.67. The van der Waals surface area contributed by atoms with Crippen molar-refractivity contribution in [2.24, 2.45) is 0 Å². The summed E-state index contributed by atoms with van der Waals surface area (Å²) in [6, 6.07) is 0. The molecule has 0 aromatic rings. The third-order valence-corrected chi connectivity index (χ3v) is 0.798. The van der Waals surface area contributed by atoms with Crippen LogP contribution in [0.2, 0.25) is 0 Å². The van der Waals surface area contributed by atoms with Crippen LogP contribution in [-0.2, 0) is 8.67 Å². The van der Waals surface area contributed by atoms with E-state index in [0.29, 0.717) is 22.1 Å². The van der Waals surface area contributed by atoms with Gasteiger partial charge < -0.3 is 0 Å². The Morgan fingerprint density at radius 3 is 1.50 bits per heavy atom. The Kier molecular flexibility index (Phi) is 6.04. The minimum atomic E-state index is 0.508. The minimum Gasteiger partial charge on any atom is -0.238 e. The summed E-state index contributed by atoms with van der Waals surface area (Å²) in [5, 5.41) is 14.9. The quantitative estimate of drug-likeness (QED) is 0.197. The molecule has 0 fully saturated rings. The van der Waals surface area contributed by atoms with Crippen molar-refractivity contribution < 1.29 is 19.2 Å². The number of rotatable bonds is 3. The van der Waals surface area contributed by atoms with Gasteiger partial charge >= 0.3 is 0 Å². The van der Waals surface area contributed by atoms with E-state index in [4.69, 9.17) is 10.5 Å². The van der Waals surface area contributed by atoms with Crippen molar-refractivity contribution in [2.45, 2.75) is 0 Å². The number of hydrogen-bond acceptors (Lipinski definition) is 6. The van der Waals surface area contributed by atoms with Gasteiger partial charge in [-0.2, -0.15) is 8.67 Å². The molecule has 0 aliphatic rings. The van der Waals surface area contributed by atoms with Crippen molar-refractivity contribution in [1.82, 2.24) is 0 Å². The van der Waals surface area contributed by atoms with Gasteiger partial charge in [0.1, 0.15) is 22.1 Å². The fourth-order valence-electron chi connectivity index (χ4n) is 0.0248. The van der Waals surface area contributed by atoms with Gasteiger partial charge in [0.15, 0.2) is 0 Å². The van der Waals surface area contributed by atoms with Gasteiger partial charge in [0.25, 0.3) is 0 Å². The lowest BCUT2D eigenvalue weighted by atomic mass is 15.0. The van der Waals surface area contributed by atoms with Crippen molar-refractivity contribution in [3.8, 4) is 0 Å². The Labute approximate surface area is 42.1 Å². The van der Waals surface area contributed by atoms with E-state index in [2.05, 4.69) is 8.67 Å². The lowest BCUT2D eigenvalue weighted by Crippen LogP contribution is -1.61. The smallest absolute Gasteiger partial charge is 0.134 e. The molecule has 0 aromatic carbocycles. The van der Waals surface area contributed by atoms with E-state index in [9.17, 15) is 0 Å². The summed E-state index contributed by atoms with van der Waals surface area (Å²) in [6.45, 7) is 0. The molecule has 4 nitrogen and oxygen atoms in total. The Hall–Kier alpha value is 0.540. The second-order valence-electron chi connectivity index (χ2n) is 0.285. The van der Waals surface area contributed by atoms with Crippen LogP contribution in [0.1, 0.15) is 0 Å². The molecule has 6 heavy (non-hydrogen) atoms. The average Bonchev–Trinajstić information content (AvgIpc) is 1.61. The maximum absolute atomic E-state index is 7.45. The first kappa shape index (κ1) is 6.54. The van der Waals surface area contributed by atoms with E-state index in [1.165, 1.54) is 0 Å². The highest BCUT2D eigenvalue weighted by molar-refractivity contribution is 8.72. The maximum Gasteiger partial charge on any atom is 0.134 e. The minimum absolute atomic E-state index is 0.508. The number of hydrogen-bond donors (Lipinski definition) is 2. The van der Waals surface area contributed by atoms with Gasteiger partial charge in [0.05, 0.1) is 0 Å². The average molecular weight is 130 g/mol. The zero-order chi connectivity index (χ0) is 4.83. The van der Waals surface area contributed by atoms with E-state index in [-0.39, 0.29) is 0 Å². The maximum atomic E-state index is 7.45. The Morgan fingerprint density at radius 1 is 1.00 bits per heavy atom. The molecule has 0 heterocycles. The highest BCUT2D eigenvalue weighted by Gasteiger charge is 1.81. The van der Waals surface area contributed by atoms with Gasteiger partial charge in [-0.15, -0.1) is 0 Å². The first-order valence-electron chi connectivity index (χ1n) is 0.865. The van der Waals surface area contributed by atoms with Crippen molar-refractivity contribution in [3.05, 3.63) is 0 Å². The zero-order valence-electron chi connectivity index (χ0n) is 2.53. The van der Waals surface area contributed by atoms with Crippen LogP contribution in [0.15, 0.2) is 0 Å². The fraction of sp³-hybridized carbons (Fsp3) is 0. The van der Waals surface area contributed by atoms with Gasteiger partial charge in [-0.05, 0) is 0 Å². The molecule has 0 saturated carbocycles. The van der Waals surface area contributed by atoms with E-state index < -0.39 is 0 Å². The third kappa shape index (κ3) is 4.54. The summed E-state index contributed by atoms with van der Waals surface area (Å²) >= 11 is 1.02. The molecular weight excluding hydrogens is 128 g/mol. The lowest BCUT2D eigenvalue weighted by Gasteiger charge is -1.82. The van der Waals surface area contributed by atoms with Crippen LogP contribution in [0.5, 0.6) is 0 Å². The molecule has 0 saturated heterocycles. The predicted molar refractivity (Wildman–Crippen MR) is 22.6 cm³/mol. The first-order chi connectivity index (χ1) is 2.91. The molecule has 6 heteroatoms. The topological polar surface area (TPSA) is 58.9 Å². The van der Waals surface area contributed by atoms with Gasteiger partial charge in [-0.3, -0.25) is 0 Å². The fourth-order valence-corrected chi connectivity index (χ4v) is 0.224. The molecule has 0 bridgehead atoms. The van der Waals surface area contributed by atoms with Gasteiger partial charge in [0.2, 0.25) is 0 Å². The van der Waals surface area contributed by atoms with Crippen LogP contribution < -0.4 is 0 Å². The molecular formula is H2O4S2. The van der Waals surface area contributed by atoms with Crippen molar-refractivity contribution in [2.75, 3.05) is 0 Å². The summed E-state index contributed by atoms with van der Waals surface area (Å²) in [7, 11) is 0. The van der Waals surface area contributed by atoms with Crippen LogP contribution >= 0.6 is 22.1 Å². The van der Waals surface area contributed by atoms with Crippen LogP contribution in [0.3, 0.4) is 0 Å². The Bertz CT molecular complexity index is 17.5. The molecule has 0 atom stereocenters. The van der Waals surface area contributed by atoms with Crippen LogP contribution in [0, 0.1) is 0 Å². The summed E-state index contributed by atoms with van der Waals surface area (Å²) in [4.78, 5) is 0. The Balaban J connectivity index is 2.34. The first-order valence-corrected chi connectivity index (χ1v) is 2.87. The molecule has 0 radical (unpaired) electrons. The van der Waals surface area contributed by atoms with Crippen LogP contribution in [-0.4, -0.2) is 10.5 Å². The highest BCUT2D eigenvalue weighted by Crippen LogP contribution is 2.19. The van der Waals surface area contributed by atoms with Gasteiger partial charge in [-0.25, -0.2) is 10.5 Å². The summed E-state index contributed by atoms with van der Waals surface area (Å²) < 4.78 is 6.75. The highest BCUT2D eigenvalue weighted by atomic mass is 33.1. The lowest BCUT2D eigenvalue weighted by molar-refractivity contribution is -0.122. The summed E-state index contributed by atoms with van der Waals surface area (Å²) in [5.74, 6) is 0. The zero-order valence-corrected chi connectivity index (χ0v) is 4.16. The summed E-state index contributed by atoms with van der Waals surface area (Å²) in [6.07, 6.45) is 0. The molecule has 0 spiro atoms. The predicted octanol–water partition coefficient (Wildman–Crippen LogP) is 1.18. The van der Waals surface area contributed by atoms with E-state index >= 15 is 0 Å². The van der Waals surface area contributed by atoms with Crippen molar-refractivity contribution >= 4 is 22.1 Å². The normalized spacial score (nSPS) is 9.00. The SMILES string of the molecule is OOSSOO. The van der Waals surface area contributed by atoms with E-state index in [1.807, 2.05) is 0 Å². The standard InChI is InChI=1S/H2O4S2/c1-3-5-6-4-2/h1-2H. The van der Waals surface area contributed by atoms with Crippen molar-refractivity contribution in [3.63, 3.8) is 0 Å². The second kappa shape index (κ2) is 5.54. The largest absolute Gasteiger partial charge is 0.238 e. The molecule has 2 N–H and O–H groups in total. The van der Waals surface area contributed by atoms with Gasteiger partial charge in [-0.1, -0.05) is 0 Å². The van der Waals surface area contributed by atoms with Gasteiger partial charge in [0, 0.05) is 0 Å². The molecule has 0 amide bonds. The molecule has 0 aliphatic heterocycles. The van der Waals surface area contributed by atoms with Crippen LogP contribution in [0.4, 0.5) is 0 Å². The molecule has 0 aromatic heterocycles. The molecule has 0 unspecified atom stereocenters. The molecule has 38 valence electrons. The Morgan fingerprint density at radius 2 is 1.33 bits per heavy atom. The van der Waals surface area contributed by atoms with E-state index in [1.54, 1.807) is 0 Å².